The van der Waals surface area contributed by atoms with Crippen LogP contribution in [0.2, 0.25) is 0 Å². The van der Waals surface area contributed by atoms with Crippen LogP contribution >= 0.6 is 12.6 Å². The van der Waals surface area contributed by atoms with Crippen LogP contribution in [0.4, 0.5) is 4.39 Å². The Morgan fingerprint density at radius 3 is 2.73 bits per heavy atom. The first-order chi connectivity index (χ1) is 14.4. The Bertz CT molecular complexity index is 796. The molecule has 1 aliphatic heterocycles. The minimum Gasteiger partial charge on any atom is -0.481 e. The van der Waals surface area contributed by atoms with Crippen molar-refractivity contribution >= 4 is 24.4 Å². The summed E-state index contributed by atoms with van der Waals surface area (Å²) in [6, 6.07) is 6.06. The molecule has 0 amide bonds. The van der Waals surface area contributed by atoms with Gasteiger partial charge in [-0.25, -0.2) is 4.39 Å². The topological polar surface area (TPSA) is 60.9 Å². The Morgan fingerprint density at radius 2 is 2.07 bits per heavy atom. The van der Waals surface area contributed by atoms with Crippen molar-refractivity contribution < 1.29 is 19.1 Å². The lowest BCUT2D eigenvalue weighted by Gasteiger charge is -2.38. The molecule has 164 valence electrons. The number of halogens is 1. The zero-order valence-corrected chi connectivity index (χ0v) is 18.4. The minimum absolute atomic E-state index is 0.0520. The van der Waals surface area contributed by atoms with Crippen LogP contribution < -0.4 is 0 Å². The van der Waals surface area contributed by atoms with Crippen LogP contribution in [0.1, 0.15) is 43.7 Å². The Kier molecular flexibility index (Phi) is 8.08. The monoisotopic (exact) mass is 434 g/mol. The molecule has 0 bridgehead atoms. The number of aliphatic carboxylic acids is 1. The van der Waals surface area contributed by atoms with Crippen molar-refractivity contribution in [2.24, 2.45) is 5.92 Å². The summed E-state index contributed by atoms with van der Waals surface area (Å²) in [6.07, 6.45) is 5.51. The van der Waals surface area contributed by atoms with Gasteiger partial charge in [-0.15, -0.1) is 0 Å². The third kappa shape index (κ3) is 6.15. The summed E-state index contributed by atoms with van der Waals surface area (Å²) in [4.78, 5) is 27.9. The average Bonchev–Trinajstić information content (AvgIpc) is 3.54. The predicted molar refractivity (Wildman–Crippen MR) is 118 cm³/mol. The third-order valence-corrected chi connectivity index (χ3v) is 6.50. The summed E-state index contributed by atoms with van der Waals surface area (Å²) < 4.78 is 14.6. The fraction of sp³-hybridized carbons (Fsp3) is 0.565. The minimum atomic E-state index is -0.778. The van der Waals surface area contributed by atoms with Gasteiger partial charge in [-0.3, -0.25) is 14.5 Å². The molecule has 2 atom stereocenters. The molecule has 1 saturated heterocycles. The van der Waals surface area contributed by atoms with Crippen LogP contribution in [0, 0.1) is 11.7 Å². The lowest BCUT2D eigenvalue weighted by atomic mass is 9.93. The highest BCUT2D eigenvalue weighted by atomic mass is 32.1. The van der Waals surface area contributed by atoms with Gasteiger partial charge in [-0.1, -0.05) is 24.3 Å². The summed E-state index contributed by atoms with van der Waals surface area (Å²) >= 11 is 4.73. The Balaban J connectivity index is 1.70. The van der Waals surface area contributed by atoms with E-state index in [2.05, 4.69) is 15.9 Å². The molecule has 0 aromatic heterocycles. The van der Waals surface area contributed by atoms with Crippen molar-refractivity contribution in [1.29, 1.82) is 0 Å². The molecule has 2 aliphatic rings. The lowest BCUT2D eigenvalue weighted by molar-refractivity contribution is -0.137. The molecule has 30 heavy (non-hydrogen) atoms. The molecule has 0 spiro atoms. The molecule has 7 heteroatoms. The number of carbonyl (C=O) groups is 2. The van der Waals surface area contributed by atoms with Gasteiger partial charge in [0.2, 0.25) is 0 Å². The van der Waals surface area contributed by atoms with Crippen LogP contribution in [-0.4, -0.2) is 65.1 Å². The van der Waals surface area contributed by atoms with E-state index in [0.29, 0.717) is 38.2 Å². The number of likely N-dealkylation sites (N-methyl/N-ethyl adjacent to an activating group) is 1. The number of ketones is 1. The van der Waals surface area contributed by atoms with Crippen molar-refractivity contribution in [3.8, 4) is 0 Å². The summed E-state index contributed by atoms with van der Waals surface area (Å²) in [6.45, 7) is 2.70. The number of likely N-dealkylation sites (tertiary alicyclic amines) is 1. The van der Waals surface area contributed by atoms with E-state index in [4.69, 9.17) is 17.7 Å². The Hall–Kier alpha value is -1.70. The normalized spacial score (nSPS) is 22.4. The number of Topliss-reactive ketones (excluding diaryl/α,β-unsaturated/α-hetero) is 1. The van der Waals surface area contributed by atoms with Crippen LogP contribution in [0.15, 0.2) is 35.9 Å². The number of carboxylic acids is 1. The molecular formula is C23H31FN2O3S. The molecule has 2 fully saturated rings. The standard InChI is InChI=1S/C23H31FN2O3S/c1-25(12-4-7-21(27)28)13-10-17-15-26(14-11-20(17)30)22(23(29)16-8-9-16)18-5-2-3-6-19(18)24/h2-3,5-6,10,16,20,22,30H,4,7-9,11-15H2,1H3,(H,27,28). The van der Waals surface area contributed by atoms with E-state index < -0.39 is 12.0 Å². The molecule has 1 N–H and O–H groups in total. The van der Waals surface area contributed by atoms with Crippen LogP contribution in [0.5, 0.6) is 0 Å². The maximum Gasteiger partial charge on any atom is 0.303 e. The summed E-state index contributed by atoms with van der Waals surface area (Å²) in [7, 11) is 1.96. The number of rotatable bonds is 10. The summed E-state index contributed by atoms with van der Waals surface area (Å²) in [5.41, 5.74) is 1.61. The number of piperidine rings is 1. The van der Waals surface area contributed by atoms with Gasteiger partial charge < -0.3 is 10.0 Å². The molecule has 2 unspecified atom stereocenters. The molecule has 1 aromatic carbocycles. The highest BCUT2D eigenvalue weighted by Gasteiger charge is 2.40. The van der Waals surface area contributed by atoms with E-state index in [1.165, 1.54) is 6.07 Å². The summed E-state index contributed by atoms with van der Waals surface area (Å²) in [5.74, 6) is -0.924. The largest absolute Gasteiger partial charge is 0.481 e. The van der Waals surface area contributed by atoms with Crippen molar-refractivity contribution in [1.82, 2.24) is 9.80 Å². The van der Waals surface area contributed by atoms with E-state index in [-0.39, 0.29) is 29.2 Å². The number of carboxylic acid groups (broad SMARTS) is 1. The fourth-order valence-corrected chi connectivity index (χ4v) is 4.30. The fourth-order valence-electron chi connectivity index (χ4n) is 4.00. The highest BCUT2D eigenvalue weighted by Crippen LogP contribution is 2.39. The molecular weight excluding hydrogens is 403 g/mol. The van der Waals surface area contributed by atoms with Crippen molar-refractivity contribution in [2.45, 2.75) is 43.4 Å². The molecule has 1 aliphatic carbocycles. The SMILES string of the molecule is CN(CC=C1CN(C(C(=O)C2CC2)c2ccccc2F)CCC1S)CCCC(=O)O. The predicted octanol–water partition coefficient (Wildman–Crippen LogP) is 3.57. The molecule has 1 aromatic rings. The number of carbonyl (C=O) groups excluding carboxylic acids is 1. The lowest BCUT2D eigenvalue weighted by Crippen LogP contribution is -2.43. The van der Waals surface area contributed by atoms with E-state index >= 15 is 0 Å². The number of nitrogens with zero attached hydrogens (tertiary/aromatic N) is 2. The molecule has 1 heterocycles. The molecule has 1 saturated carbocycles. The average molecular weight is 435 g/mol. The Morgan fingerprint density at radius 1 is 1.33 bits per heavy atom. The number of hydrogen-bond donors (Lipinski definition) is 2. The van der Waals surface area contributed by atoms with E-state index in [9.17, 15) is 14.0 Å². The number of hydrogen-bond acceptors (Lipinski definition) is 5. The van der Waals surface area contributed by atoms with Gasteiger partial charge in [0.25, 0.3) is 0 Å². The second-order valence-electron chi connectivity index (χ2n) is 8.41. The highest BCUT2D eigenvalue weighted by molar-refractivity contribution is 7.81. The summed E-state index contributed by atoms with van der Waals surface area (Å²) in [5, 5.41) is 8.89. The maximum absolute atomic E-state index is 14.6. The van der Waals surface area contributed by atoms with Crippen molar-refractivity contribution in [2.75, 3.05) is 33.2 Å². The molecule has 0 radical (unpaired) electrons. The van der Waals surface area contributed by atoms with Gasteiger partial charge >= 0.3 is 5.97 Å². The molecule has 5 nitrogen and oxygen atoms in total. The van der Waals surface area contributed by atoms with E-state index in [1.54, 1.807) is 18.2 Å². The van der Waals surface area contributed by atoms with E-state index in [0.717, 1.165) is 24.8 Å². The first kappa shape index (κ1) is 23.0. The zero-order chi connectivity index (χ0) is 21.7. The third-order valence-electron chi connectivity index (χ3n) is 5.91. The Labute approximate surface area is 183 Å². The first-order valence-corrected chi connectivity index (χ1v) is 11.2. The second kappa shape index (κ2) is 10.6. The quantitative estimate of drug-likeness (QED) is 0.435. The van der Waals surface area contributed by atoms with E-state index in [1.807, 2.05) is 7.05 Å². The first-order valence-electron chi connectivity index (χ1n) is 10.7. The van der Waals surface area contributed by atoms with Gasteiger partial charge in [0.1, 0.15) is 5.82 Å². The molecule has 3 rings (SSSR count). The number of thiol groups is 1. The van der Waals surface area contributed by atoms with Gasteiger partial charge in [-0.05, 0) is 50.9 Å². The van der Waals surface area contributed by atoms with Crippen molar-refractivity contribution in [3.05, 3.63) is 47.3 Å². The second-order valence-corrected chi connectivity index (χ2v) is 9.04. The van der Waals surface area contributed by atoms with Crippen LogP contribution in [0.3, 0.4) is 0 Å². The van der Waals surface area contributed by atoms with Crippen molar-refractivity contribution in [3.63, 3.8) is 0 Å². The van der Waals surface area contributed by atoms with Gasteiger partial charge in [-0.2, -0.15) is 12.6 Å². The van der Waals surface area contributed by atoms with Gasteiger partial charge in [0.05, 0.1) is 6.04 Å². The maximum atomic E-state index is 14.6. The van der Waals surface area contributed by atoms with Crippen LogP contribution in [-0.2, 0) is 9.59 Å². The smallest absolute Gasteiger partial charge is 0.303 e. The van der Waals surface area contributed by atoms with Crippen LogP contribution in [0.25, 0.3) is 0 Å². The van der Waals surface area contributed by atoms with Gasteiger partial charge in [0.15, 0.2) is 5.78 Å². The van der Waals surface area contributed by atoms with Gasteiger partial charge in [0, 0.05) is 42.8 Å². The number of benzene rings is 1. The zero-order valence-electron chi connectivity index (χ0n) is 17.5.